The summed E-state index contributed by atoms with van der Waals surface area (Å²) in [6.07, 6.45) is 7.11. The highest BCUT2D eigenvalue weighted by atomic mass is 15.3. The standard InChI is InChI=1S/C11H16N4/c12-15-11-8-3-1-2-4-9(8)13-10(14-11)7-5-6-7/h7H,1-6,12H2,(H,13,14,15). The van der Waals surface area contributed by atoms with Crippen LogP contribution < -0.4 is 11.3 Å². The fraction of sp³-hybridized carbons (Fsp3) is 0.636. The zero-order chi connectivity index (χ0) is 10.3. The van der Waals surface area contributed by atoms with E-state index in [-0.39, 0.29) is 0 Å². The molecule has 1 saturated carbocycles. The van der Waals surface area contributed by atoms with Crippen molar-refractivity contribution in [1.29, 1.82) is 0 Å². The summed E-state index contributed by atoms with van der Waals surface area (Å²) in [5.41, 5.74) is 5.20. The van der Waals surface area contributed by atoms with Crippen LogP contribution in [0.2, 0.25) is 0 Å². The first-order valence-electron chi connectivity index (χ1n) is 5.75. The Labute approximate surface area is 89.3 Å². The van der Waals surface area contributed by atoms with E-state index in [1.807, 2.05) is 0 Å². The van der Waals surface area contributed by atoms with Crippen molar-refractivity contribution in [1.82, 2.24) is 9.97 Å². The quantitative estimate of drug-likeness (QED) is 0.566. The molecule has 2 aliphatic rings. The Morgan fingerprint density at radius 3 is 2.67 bits per heavy atom. The minimum Gasteiger partial charge on any atom is -0.308 e. The van der Waals surface area contributed by atoms with Crippen LogP contribution in [0.15, 0.2) is 0 Å². The zero-order valence-electron chi connectivity index (χ0n) is 8.79. The van der Waals surface area contributed by atoms with Gasteiger partial charge in [-0.15, -0.1) is 0 Å². The van der Waals surface area contributed by atoms with Crippen LogP contribution in [0.4, 0.5) is 5.82 Å². The van der Waals surface area contributed by atoms with Gasteiger partial charge in [-0.25, -0.2) is 15.8 Å². The molecular weight excluding hydrogens is 188 g/mol. The fourth-order valence-electron chi connectivity index (χ4n) is 2.26. The van der Waals surface area contributed by atoms with Gasteiger partial charge >= 0.3 is 0 Å². The van der Waals surface area contributed by atoms with Gasteiger partial charge in [-0.1, -0.05) is 0 Å². The van der Waals surface area contributed by atoms with Gasteiger partial charge in [0, 0.05) is 17.2 Å². The maximum atomic E-state index is 5.52. The van der Waals surface area contributed by atoms with Crippen molar-refractivity contribution in [2.24, 2.45) is 5.84 Å². The summed E-state index contributed by atoms with van der Waals surface area (Å²) in [5.74, 6) is 7.99. The van der Waals surface area contributed by atoms with Crippen LogP contribution in [-0.2, 0) is 12.8 Å². The molecule has 4 nitrogen and oxygen atoms in total. The first-order chi connectivity index (χ1) is 7.38. The number of nitrogens with zero attached hydrogens (tertiary/aromatic N) is 2. The number of aryl methyl sites for hydroxylation is 1. The summed E-state index contributed by atoms with van der Waals surface area (Å²) in [6.45, 7) is 0. The van der Waals surface area contributed by atoms with Gasteiger partial charge in [-0.3, -0.25) is 0 Å². The number of anilines is 1. The molecule has 0 radical (unpaired) electrons. The predicted octanol–water partition coefficient (Wildman–Crippen LogP) is 1.52. The lowest BCUT2D eigenvalue weighted by atomic mass is 9.96. The lowest BCUT2D eigenvalue weighted by molar-refractivity contribution is 0.655. The topological polar surface area (TPSA) is 63.8 Å². The molecule has 2 aliphatic carbocycles. The second-order valence-corrected chi connectivity index (χ2v) is 4.48. The van der Waals surface area contributed by atoms with Crippen LogP contribution in [0.1, 0.15) is 48.7 Å². The van der Waals surface area contributed by atoms with Gasteiger partial charge in [0.1, 0.15) is 11.6 Å². The summed E-state index contributed by atoms with van der Waals surface area (Å²) < 4.78 is 0. The van der Waals surface area contributed by atoms with Crippen LogP contribution in [-0.4, -0.2) is 9.97 Å². The Kier molecular flexibility index (Phi) is 2.09. The van der Waals surface area contributed by atoms with Gasteiger partial charge in [0.15, 0.2) is 0 Å². The number of nitrogen functional groups attached to an aromatic ring is 1. The van der Waals surface area contributed by atoms with Crippen LogP contribution >= 0.6 is 0 Å². The molecule has 1 heterocycles. The Morgan fingerprint density at radius 2 is 1.93 bits per heavy atom. The Bertz CT molecular complexity index is 367. The van der Waals surface area contributed by atoms with E-state index in [2.05, 4.69) is 15.4 Å². The average Bonchev–Trinajstić information content (AvgIpc) is 3.11. The maximum absolute atomic E-state index is 5.52. The van der Waals surface area contributed by atoms with Crippen LogP contribution in [0, 0.1) is 0 Å². The summed E-state index contributed by atoms with van der Waals surface area (Å²) in [5, 5.41) is 0. The Hall–Kier alpha value is -1.16. The molecule has 80 valence electrons. The van der Waals surface area contributed by atoms with Gasteiger partial charge in [0.25, 0.3) is 0 Å². The lowest BCUT2D eigenvalue weighted by Gasteiger charge is -2.18. The number of nitrogens with one attached hydrogen (secondary N) is 1. The summed E-state index contributed by atoms with van der Waals surface area (Å²) in [7, 11) is 0. The molecule has 4 heteroatoms. The number of aromatic nitrogens is 2. The SMILES string of the molecule is NNc1nc(C2CC2)nc2c1CCCC2. The Balaban J connectivity index is 2.06. The number of nitrogens with two attached hydrogens (primary N) is 1. The van der Waals surface area contributed by atoms with E-state index in [0.29, 0.717) is 5.92 Å². The molecule has 0 saturated heterocycles. The molecule has 0 spiro atoms. The fourth-order valence-corrected chi connectivity index (χ4v) is 2.26. The smallest absolute Gasteiger partial charge is 0.147 e. The third-order valence-electron chi connectivity index (χ3n) is 3.28. The van der Waals surface area contributed by atoms with Gasteiger partial charge < -0.3 is 5.43 Å². The monoisotopic (exact) mass is 204 g/mol. The molecule has 0 amide bonds. The molecule has 0 unspecified atom stereocenters. The van der Waals surface area contributed by atoms with E-state index in [1.54, 1.807) is 0 Å². The van der Waals surface area contributed by atoms with E-state index in [0.717, 1.165) is 24.5 Å². The third-order valence-corrected chi connectivity index (χ3v) is 3.28. The van der Waals surface area contributed by atoms with Crippen molar-refractivity contribution in [2.75, 3.05) is 5.43 Å². The zero-order valence-corrected chi connectivity index (χ0v) is 8.79. The van der Waals surface area contributed by atoms with Crippen molar-refractivity contribution in [2.45, 2.75) is 44.4 Å². The van der Waals surface area contributed by atoms with Crippen molar-refractivity contribution < 1.29 is 0 Å². The van der Waals surface area contributed by atoms with E-state index < -0.39 is 0 Å². The van der Waals surface area contributed by atoms with Crippen LogP contribution in [0.3, 0.4) is 0 Å². The highest BCUT2D eigenvalue weighted by molar-refractivity contribution is 5.47. The van der Waals surface area contributed by atoms with Gasteiger partial charge in [-0.05, 0) is 38.5 Å². The molecule has 3 rings (SSSR count). The largest absolute Gasteiger partial charge is 0.308 e. The maximum Gasteiger partial charge on any atom is 0.147 e. The van der Waals surface area contributed by atoms with E-state index in [1.165, 1.54) is 36.9 Å². The first-order valence-corrected chi connectivity index (χ1v) is 5.75. The van der Waals surface area contributed by atoms with Crippen molar-refractivity contribution >= 4 is 5.82 Å². The average molecular weight is 204 g/mol. The van der Waals surface area contributed by atoms with Gasteiger partial charge in [-0.2, -0.15) is 0 Å². The molecule has 15 heavy (non-hydrogen) atoms. The molecule has 0 bridgehead atoms. The molecule has 1 fully saturated rings. The minimum absolute atomic E-state index is 0.601. The van der Waals surface area contributed by atoms with Gasteiger partial charge in [0.05, 0.1) is 0 Å². The predicted molar refractivity (Wildman–Crippen MR) is 58.5 cm³/mol. The highest BCUT2D eigenvalue weighted by Crippen LogP contribution is 2.39. The number of rotatable bonds is 2. The molecule has 0 atom stereocenters. The molecular formula is C11H16N4. The minimum atomic E-state index is 0.601. The normalized spacial score (nSPS) is 19.8. The third kappa shape index (κ3) is 1.59. The van der Waals surface area contributed by atoms with Gasteiger partial charge in [0.2, 0.25) is 0 Å². The van der Waals surface area contributed by atoms with Crippen LogP contribution in [0.25, 0.3) is 0 Å². The summed E-state index contributed by atoms with van der Waals surface area (Å²) >= 11 is 0. The summed E-state index contributed by atoms with van der Waals surface area (Å²) in [6, 6.07) is 0. The van der Waals surface area contributed by atoms with E-state index in [4.69, 9.17) is 5.84 Å². The number of fused-ring (bicyclic) bond motifs is 1. The van der Waals surface area contributed by atoms with E-state index in [9.17, 15) is 0 Å². The number of hydrazine groups is 1. The molecule has 1 aromatic rings. The molecule has 3 N–H and O–H groups in total. The highest BCUT2D eigenvalue weighted by Gasteiger charge is 2.29. The Morgan fingerprint density at radius 1 is 1.13 bits per heavy atom. The van der Waals surface area contributed by atoms with Crippen molar-refractivity contribution in [3.8, 4) is 0 Å². The second-order valence-electron chi connectivity index (χ2n) is 4.48. The van der Waals surface area contributed by atoms with Crippen molar-refractivity contribution in [3.05, 3.63) is 17.1 Å². The second kappa shape index (κ2) is 3.45. The molecule has 0 aromatic carbocycles. The molecule has 0 aliphatic heterocycles. The van der Waals surface area contributed by atoms with E-state index >= 15 is 0 Å². The van der Waals surface area contributed by atoms with Crippen LogP contribution in [0.5, 0.6) is 0 Å². The summed E-state index contributed by atoms with van der Waals surface area (Å²) in [4.78, 5) is 9.20. The van der Waals surface area contributed by atoms with Crippen molar-refractivity contribution in [3.63, 3.8) is 0 Å². The molecule has 1 aromatic heterocycles. The number of hydrogen-bond donors (Lipinski definition) is 2. The number of hydrogen-bond acceptors (Lipinski definition) is 4. The first kappa shape index (κ1) is 9.09. The lowest BCUT2D eigenvalue weighted by Crippen LogP contribution is -2.17.